The molecule has 0 fully saturated rings. The number of anilines is 3. The molecule has 0 bridgehead atoms. The number of nitrogens with one attached hydrogen (secondary N) is 1. The fourth-order valence-electron chi connectivity index (χ4n) is 1.69. The maximum absolute atomic E-state index is 4.47. The zero-order valence-corrected chi connectivity index (χ0v) is 13.3. The van der Waals surface area contributed by atoms with E-state index in [1.165, 1.54) is 0 Å². The average Bonchev–Trinajstić information content (AvgIpc) is 2.47. The van der Waals surface area contributed by atoms with Crippen molar-refractivity contribution in [1.82, 2.24) is 15.2 Å². The molecule has 0 aliphatic rings. The molecule has 1 aromatic heterocycles. The number of rotatable bonds is 6. The zero-order chi connectivity index (χ0) is 14.4. The molecular formula is C14H18BrN5. The summed E-state index contributed by atoms with van der Waals surface area (Å²) < 4.78 is 1.05. The van der Waals surface area contributed by atoms with Crippen LogP contribution in [-0.4, -0.2) is 28.8 Å². The lowest BCUT2D eigenvalue weighted by Crippen LogP contribution is -2.21. The topological polar surface area (TPSA) is 53.9 Å². The number of halogens is 1. The minimum atomic E-state index is 0.639. The summed E-state index contributed by atoms with van der Waals surface area (Å²) in [5, 5.41) is 11.3. The SMILES string of the molecule is CCCCN(C)c1nncc(Nc2ccc(Br)cc2)n1. The van der Waals surface area contributed by atoms with Crippen molar-refractivity contribution in [2.75, 3.05) is 23.8 Å². The summed E-state index contributed by atoms with van der Waals surface area (Å²) in [7, 11) is 1.98. The zero-order valence-electron chi connectivity index (χ0n) is 11.7. The molecule has 0 amide bonds. The Balaban J connectivity index is 2.07. The summed E-state index contributed by atoms with van der Waals surface area (Å²) in [5.74, 6) is 1.33. The smallest absolute Gasteiger partial charge is 0.247 e. The van der Waals surface area contributed by atoms with Gasteiger partial charge in [-0.3, -0.25) is 0 Å². The van der Waals surface area contributed by atoms with Crippen LogP contribution in [0.4, 0.5) is 17.5 Å². The van der Waals surface area contributed by atoms with Gasteiger partial charge in [-0.05, 0) is 30.7 Å². The van der Waals surface area contributed by atoms with Gasteiger partial charge in [-0.15, -0.1) is 5.10 Å². The number of hydrogen-bond donors (Lipinski definition) is 1. The number of benzene rings is 1. The van der Waals surface area contributed by atoms with Crippen LogP contribution in [0.5, 0.6) is 0 Å². The van der Waals surface area contributed by atoms with Gasteiger partial charge in [0.05, 0.1) is 6.20 Å². The Labute approximate surface area is 127 Å². The Morgan fingerprint density at radius 1 is 1.25 bits per heavy atom. The second-order valence-electron chi connectivity index (χ2n) is 4.55. The van der Waals surface area contributed by atoms with Crippen LogP contribution in [-0.2, 0) is 0 Å². The minimum absolute atomic E-state index is 0.639. The number of unbranched alkanes of at least 4 members (excludes halogenated alkanes) is 1. The van der Waals surface area contributed by atoms with Crippen LogP contribution in [0.25, 0.3) is 0 Å². The van der Waals surface area contributed by atoms with E-state index < -0.39 is 0 Å². The molecule has 1 aromatic carbocycles. The molecule has 5 nitrogen and oxygen atoms in total. The Hall–Kier alpha value is -1.69. The predicted molar refractivity (Wildman–Crippen MR) is 85.4 cm³/mol. The first-order valence-electron chi connectivity index (χ1n) is 6.62. The van der Waals surface area contributed by atoms with Crippen LogP contribution in [0.3, 0.4) is 0 Å². The van der Waals surface area contributed by atoms with Crippen molar-refractivity contribution in [3.8, 4) is 0 Å². The van der Waals surface area contributed by atoms with E-state index in [2.05, 4.69) is 43.4 Å². The third-order valence-electron chi connectivity index (χ3n) is 2.85. The number of hydrogen-bond acceptors (Lipinski definition) is 5. The molecule has 1 N–H and O–H groups in total. The van der Waals surface area contributed by atoms with E-state index in [-0.39, 0.29) is 0 Å². The summed E-state index contributed by atoms with van der Waals surface area (Å²) >= 11 is 3.41. The Morgan fingerprint density at radius 3 is 2.70 bits per heavy atom. The van der Waals surface area contributed by atoms with Gasteiger partial charge in [-0.1, -0.05) is 29.3 Å². The highest BCUT2D eigenvalue weighted by atomic mass is 79.9. The molecular weight excluding hydrogens is 318 g/mol. The van der Waals surface area contributed by atoms with Gasteiger partial charge in [0.2, 0.25) is 5.95 Å². The Kier molecular flexibility index (Phi) is 5.29. The lowest BCUT2D eigenvalue weighted by Gasteiger charge is -2.16. The standard InChI is InChI=1S/C14H18BrN5/c1-3-4-9-20(2)14-18-13(10-16-19-14)17-12-7-5-11(15)6-8-12/h5-8,10H,3-4,9H2,1-2H3,(H,17,18,19). The third kappa shape index (κ3) is 4.16. The quantitative estimate of drug-likeness (QED) is 0.873. The van der Waals surface area contributed by atoms with Gasteiger partial charge in [-0.2, -0.15) is 10.1 Å². The first kappa shape index (κ1) is 14.7. The van der Waals surface area contributed by atoms with Crippen LogP contribution in [0.15, 0.2) is 34.9 Å². The molecule has 2 rings (SSSR count). The number of aromatic nitrogens is 3. The van der Waals surface area contributed by atoms with Crippen molar-refractivity contribution in [3.63, 3.8) is 0 Å². The van der Waals surface area contributed by atoms with Gasteiger partial charge in [0.15, 0.2) is 5.82 Å². The second-order valence-corrected chi connectivity index (χ2v) is 5.46. The van der Waals surface area contributed by atoms with Gasteiger partial charge in [0, 0.05) is 23.8 Å². The molecule has 0 saturated heterocycles. The van der Waals surface area contributed by atoms with E-state index in [1.54, 1.807) is 6.20 Å². The van der Waals surface area contributed by atoms with Crippen LogP contribution >= 0.6 is 15.9 Å². The lowest BCUT2D eigenvalue weighted by molar-refractivity contribution is 0.741. The highest BCUT2D eigenvalue weighted by Crippen LogP contribution is 2.18. The lowest BCUT2D eigenvalue weighted by atomic mass is 10.3. The summed E-state index contributed by atoms with van der Waals surface area (Å²) in [5.41, 5.74) is 0.968. The van der Waals surface area contributed by atoms with E-state index in [9.17, 15) is 0 Å². The second kappa shape index (κ2) is 7.19. The molecule has 0 spiro atoms. The van der Waals surface area contributed by atoms with Crippen LogP contribution in [0.1, 0.15) is 19.8 Å². The normalized spacial score (nSPS) is 10.3. The average molecular weight is 336 g/mol. The van der Waals surface area contributed by atoms with E-state index in [1.807, 2.05) is 36.2 Å². The first-order valence-corrected chi connectivity index (χ1v) is 7.42. The largest absolute Gasteiger partial charge is 0.343 e. The summed E-state index contributed by atoms with van der Waals surface area (Å²) in [4.78, 5) is 6.49. The van der Waals surface area contributed by atoms with Gasteiger partial charge >= 0.3 is 0 Å². The molecule has 0 aliphatic heterocycles. The van der Waals surface area contributed by atoms with Crippen molar-refractivity contribution in [2.24, 2.45) is 0 Å². The fraction of sp³-hybridized carbons (Fsp3) is 0.357. The van der Waals surface area contributed by atoms with Crippen LogP contribution in [0.2, 0.25) is 0 Å². The maximum atomic E-state index is 4.47. The molecule has 0 atom stereocenters. The molecule has 2 aromatic rings. The van der Waals surface area contributed by atoms with Crippen molar-refractivity contribution in [3.05, 3.63) is 34.9 Å². The monoisotopic (exact) mass is 335 g/mol. The highest BCUT2D eigenvalue weighted by molar-refractivity contribution is 9.10. The molecule has 0 saturated carbocycles. The van der Waals surface area contributed by atoms with Crippen molar-refractivity contribution in [2.45, 2.75) is 19.8 Å². The van der Waals surface area contributed by atoms with Gasteiger partial charge in [-0.25, -0.2) is 0 Å². The summed E-state index contributed by atoms with van der Waals surface area (Å²) in [6, 6.07) is 7.91. The number of nitrogens with zero attached hydrogens (tertiary/aromatic N) is 4. The molecule has 106 valence electrons. The predicted octanol–water partition coefficient (Wildman–Crippen LogP) is 3.61. The maximum Gasteiger partial charge on any atom is 0.247 e. The van der Waals surface area contributed by atoms with Crippen LogP contribution < -0.4 is 10.2 Å². The molecule has 20 heavy (non-hydrogen) atoms. The first-order chi connectivity index (χ1) is 9.69. The van der Waals surface area contributed by atoms with Crippen molar-refractivity contribution >= 4 is 33.4 Å². The van der Waals surface area contributed by atoms with Crippen molar-refractivity contribution in [1.29, 1.82) is 0 Å². The van der Waals surface area contributed by atoms with Gasteiger partial charge in [0.25, 0.3) is 0 Å². The van der Waals surface area contributed by atoms with Crippen LogP contribution in [0, 0.1) is 0 Å². The minimum Gasteiger partial charge on any atom is -0.343 e. The van der Waals surface area contributed by atoms with Gasteiger partial charge < -0.3 is 10.2 Å². The molecule has 0 radical (unpaired) electrons. The molecule has 0 aliphatic carbocycles. The molecule has 1 heterocycles. The van der Waals surface area contributed by atoms with E-state index in [0.717, 1.165) is 29.5 Å². The molecule has 0 unspecified atom stereocenters. The van der Waals surface area contributed by atoms with E-state index in [4.69, 9.17) is 0 Å². The van der Waals surface area contributed by atoms with E-state index in [0.29, 0.717) is 11.8 Å². The van der Waals surface area contributed by atoms with Gasteiger partial charge in [0.1, 0.15) is 0 Å². The fourth-order valence-corrected chi connectivity index (χ4v) is 1.96. The van der Waals surface area contributed by atoms with Crippen molar-refractivity contribution < 1.29 is 0 Å². The third-order valence-corrected chi connectivity index (χ3v) is 3.38. The molecule has 6 heteroatoms. The Morgan fingerprint density at radius 2 is 2.00 bits per heavy atom. The van der Waals surface area contributed by atoms with E-state index >= 15 is 0 Å². The highest BCUT2D eigenvalue weighted by Gasteiger charge is 2.06. The Bertz CT molecular complexity index is 544. The summed E-state index contributed by atoms with van der Waals surface area (Å²) in [6.45, 7) is 3.10. The summed E-state index contributed by atoms with van der Waals surface area (Å²) in [6.07, 6.45) is 3.89.